The van der Waals surface area contributed by atoms with Crippen LogP contribution in [0.15, 0.2) is 30.3 Å². The first-order valence-corrected chi connectivity index (χ1v) is 9.24. The second kappa shape index (κ2) is 46.5. The third-order valence-electron chi connectivity index (χ3n) is 1.60. The van der Waals surface area contributed by atoms with E-state index in [2.05, 4.69) is 71.3 Å². The number of hydrogen-bond acceptors (Lipinski definition) is 10. The molecule has 1 saturated carbocycles. The zero-order valence-electron chi connectivity index (χ0n) is 17.3. The molecule has 4 N–H and O–H groups in total. The van der Waals surface area contributed by atoms with Crippen molar-refractivity contribution in [3.8, 4) is 21.6 Å². The number of benzene rings is 1. The monoisotopic (exact) mass is 527 g/mol. The first-order valence-electron chi connectivity index (χ1n) is 7.61. The second-order valence-corrected chi connectivity index (χ2v) is 5.42. The van der Waals surface area contributed by atoms with Crippen molar-refractivity contribution in [2.24, 2.45) is 5.73 Å². The van der Waals surface area contributed by atoms with Crippen molar-refractivity contribution >= 4 is 56.2 Å². The number of anilines is 1. The van der Waals surface area contributed by atoms with Gasteiger partial charge in [0.05, 0.1) is 0 Å². The summed E-state index contributed by atoms with van der Waals surface area (Å²) in [7, 11) is 0. The van der Waals surface area contributed by atoms with Crippen molar-refractivity contribution in [1.29, 1.82) is 21.0 Å². The van der Waals surface area contributed by atoms with E-state index >= 15 is 0 Å². The van der Waals surface area contributed by atoms with Crippen LogP contribution in [0.4, 0.5) is 5.69 Å². The van der Waals surface area contributed by atoms with E-state index in [0.717, 1.165) is 11.7 Å². The van der Waals surface area contributed by atoms with Crippen molar-refractivity contribution in [2.45, 2.75) is 20.8 Å². The van der Waals surface area contributed by atoms with Crippen LogP contribution in [0.5, 0.6) is 0 Å². The van der Waals surface area contributed by atoms with Crippen LogP contribution in [-0.2, 0) is 67.9 Å². The molecule has 174 valence electrons. The van der Waals surface area contributed by atoms with Crippen LogP contribution in [0.2, 0.25) is 0 Å². The van der Waals surface area contributed by atoms with E-state index in [1.54, 1.807) is 0 Å². The van der Waals surface area contributed by atoms with Gasteiger partial charge in [-0.05, 0) is 12.1 Å². The summed E-state index contributed by atoms with van der Waals surface area (Å²) in [6.07, 6.45) is 9.49. The average molecular weight is 528 g/mol. The Labute approximate surface area is 221 Å². The Morgan fingerprint density at radius 1 is 0.774 bits per heavy atom. The molecule has 0 amide bonds. The van der Waals surface area contributed by atoms with Gasteiger partial charge in [0, 0.05) is 23.0 Å². The molecule has 0 bridgehead atoms. The van der Waals surface area contributed by atoms with Crippen LogP contribution in [0, 0.1) is 86.7 Å². The van der Waals surface area contributed by atoms with Crippen LogP contribution in [0.25, 0.3) is 0 Å². The molecule has 1 aromatic rings. The Morgan fingerprint density at radius 2 is 1.03 bits per heavy atom. The molecule has 1 aromatic carbocycles. The van der Waals surface area contributed by atoms with E-state index < -0.39 is 0 Å². The standard InChI is InChI=1S/2C6H7N.C4H9.4CHNS.Cr/c2*7-6-4-2-1-3-5-6;1-4(2)3;4*2-1-3;/h2*1-5H,7H2;1-3H3;4*3H;/q;-6;-1;;;;;/p-4. The van der Waals surface area contributed by atoms with Crippen molar-refractivity contribution in [3.05, 3.63) is 74.4 Å². The number of thiocyanates is 4. The summed E-state index contributed by atoms with van der Waals surface area (Å²) in [4.78, 5) is 0. The average Bonchev–Trinajstić information content (AvgIpc) is 2.66. The molecule has 0 aromatic heterocycles. The van der Waals surface area contributed by atoms with Crippen molar-refractivity contribution in [1.82, 2.24) is 0 Å². The fourth-order valence-electron chi connectivity index (χ4n) is 0.906. The van der Waals surface area contributed by atoms with Gasteiger partial charge in [0.15, 0.2) is 0 Å². The Hall–Kier alpha value is -1.65. The molecule has 11 heteroatoms. The molecule has 0 saturated heterocycles. The molecular weight excluding hydrogens is 505 g/mol. The van der Waals surface area contributed by atoms with Crippen molar-refractivity contribution in [3.63, 3.8) is 0 Å². The van der Waals surface area contributed by atoms with E-state index in [-0.39, 0.29) is 17.4 Å². The van der Waals surface area contributed by atoms with Gasteiger partial charge < -0.3 is 106 Å². The summed E-state index contributed by atoms with van der Waals surface area (Å²) < 4.78 is 0. The molecule has 0 unspecified atom stereocenters. The summed E-state index contributed by atoms with van der Waals surface area (Å²) in [6.45, 7) is 6.25. The van der Waals surface area contributed by atoms with Gasteiger partial charge >= 0.3 is 0 Å². The number of para-hydroxylation sites is 1. The minimum absolute atomic E-state index is 0. The molecule has 0 spiro atoms. The minimum Gasteiger partial charge on any atom is -0.726 e. The summed E-state index contributed by atoms with van der Waals surface area (Å²) in [5.74, 6) is 1.42. The van der Waals surface area contributed by atoms with Gasteiger partial charge in [-0.25, -0.2) is 21.0 Å². The number of nitrogens with zero attached hydrogens (tertiary/aromatic N) is 4. The number of nitrogen functional groups attached to an aromatic ring is 1. The fourth-order valence-corrected chi connectivity index (χ4v) is 0.906. The summed E-state index contributed by atoms with van der Waals surface area (Å²) >= 11 is 14.8. The molecule has 0 aliphatic heterocycles. The second-order valence-electron chi connectivity index (χ2n) is 4.69. The number of nitriles is 4. The summed E-state index contributed by atoms with van der Waals surface area (Å²) in [5, 5.41) is 33.9. The molecule has 6 nitrogen and oxygen atoms in total. The summed E-state index contributed by atoms with van der Waals surface area (Å²) in [6, 6.07) is 10.3. The Kier molecular flexibility index (Phi) is 64.9. The predicted octanol–water partition coefficient (Wildman–Crippen LogP) is 3.46. The molecule has 2 rings (SSSR count). The Balaban J connectivity index is -0.0000000613. The largest absolute Gasteiger partial charge is 0.726 e. The topological polar surface area (TPSA) is 147 Å². The van der Waals surface area contributed by atoms with Crippen LogP contribution in [0.1, 0.15) is 20.8 Å². The Morgan fingerprint density at radius 3 is 1.16 bits per heavy atom. The van der Waals surface area contributed by atoms with E-state index in [9.17, 15) is 0 Å². The van der Waals surface area contributed by atoms with Crippen LogP contribution >= 0.6 is 0 Å². The zero-order valence-corrected chi connectivity index (χ0v) is 21.8. The molecule has 1 aliphatic carbocycles. The van der Waals surface area contributed by atoms with E-state index in [1.807, 2.05) is 62.4 Å². The fraction of sp³-hybridized carbons (Fsp3) is 0.150. The van der Waals surface area contributed by atoms with E-state index in [0.29, 0.717) is 0 Å². The maximum Gasteiger partial charge on any atom is 0.0313 e. The van der Waals surface area contributed by atoms with Gasteiger partial charge in [0.1, 0.15) is 0 Å². The van der Waals surface area contributed by atoms with Gasteiger partial charge in [-0.3, -0.25) is 0 Å². The zero-order chi connectivity index (χ0) is 24.6. The maximum atomic E-state index is 7.13. The van der Waals surface area contributed by atoms with Gasteiger partial charge in [0.2, 0.25) is 0 Å². The van der Waals surface area contributed by atoms with E-state index in [4.69, 9.17) is 32.5 Å². The third kappa shape index (κ3) is 95.6. The van der Waals surface area contributed by atoms with E-state index in [1.165, 1.54) is 27.5 Å². The number of nitrogens with two attached hydrogens (primary N) is 2. The first-order chi connectivity index (χ1) is 14.2. The smallest absolute Gasteiger partial charge is 0.0313 e. The molecule has 0 atom stereocenters. The quantitative estimate of drug-likeness (QED) is 0.222. The van der Waals surface area contributed by atoms with Crippen molar-refractivity contribution < 1.29 is 17.4 Å². The first kappa shape index (κ1) is 43.3. The summed E-state index contributed by atoms with van der Waals surface area (Å²) in [5.41, 5.74) is 11.5. The molecule has 0 heterocycles. The molecule has 0 radical (unpaired) electrons. The minimum atomic E-state index is 0. The van der Waals surface area contributed by atoms with Gasteiger partial charge in [0.25, 0.3) is 0 Å². The normalized spacial score (nSPS) is 9.71. The van der Waals surface area contributed by atoms with Crippen LogP contribution in [-0.4, -0.2) is 0 Å². The number of rotatable bonds is 0. The van der Waals surface area contributed by atoms with Crippen LogP contribution in [0.3, 0.4) is 0 Å². The van der Waals surface area contributed by atoms with Gasteiger partial charge in [-0.1, -0.05) is 39.8 Å². The molecule has 1 fully saturated rings. The third-order valence-corrected chi connectivity index (χ3v) is 1.60. The number of hydrogen-bond donors (Lipinski definition) is 2. The van der Waals surface area contributed by atoms with Gasteiger partial charge in [-0.15, -0.1) is 0 Å². The van der Waals surface area contributed by atoms with Crippen LogP contribution < -0.4 is 11.5 Å². The predicted molar refractivity (Wildman–Crippen MR) is 132 cm³/mol. The molecule has 1 aliphatic rings. The van der Waals surface area contributed by atoms with Crippen molar-refractivity contribution in [2.75, 3.05) is 5.73 Å². The molecule has 31 heavy (non-hydrogen) atoms. The SMILES string of the molecule is C[C-](C)C.N#C[S-].N#C[S-].N#C[S-].N#C[S-].N[C-]1[CH-][CH-][CH-][CH-][CH-]1.Nc1ccccc1.[Cr]. The van der Waals surface area contributed by atoms with Gasteiger partial charge in [-0.2, -0.15) is 20.8 Å². The Bertz CT molecular complexity index is 536. The molecular formula is C20H23CrN6S4-11. The maximum absolute atomic E-state index is 7.13.